The summed E-state index contributed by atoms with van der Waals surface area (Å²) in [6, 6.07) is 22.1. The Balaban J connectivity index is 0.00000240. The number of halogens is 1. The Labute approximate surface area is 176 Å². The zero-order valence-electron chi connectivity index (χ0n) is 16.0. The molecule has 0 aliphatic carbocycles. The molecule has 1 atom stereocenters. The zero-order chi connectivity index (χ0) is 19.3. The molecule has 0 aromatic heterocycles. The first-order valence-corrected chi connectivity index (χ1v) is 9.50. The van der Waals surface area contributed by atoms with Crippen LogP contribution in [0, 0.1) is 0 Å². The van der Waals surface area contributed by atoms with E-state index in [1.807, 2.05) is 48.5 Å². The lowest BCUT2D eigenvalue weighted by atomic mass is 10.1. The number of hydrogen-bond acceptors (Lipinski definition) is 4. The molecule has 0 amide bonds. The molecule has 0 spiro atoms. The summed E-state index contributed by atoms with van der Waals surface area (Å²) in [6.07, 6.45) is 0.110. The highest BCUT2D eigenvalue weighted by molar-refractivity contribution is 5.88. The highest BCUT2D eigenvalue weighted by Gasteiger charge is 2.22. The maximum absolute atomic E-state index is 10.8. The van der Waals surface area contributed by atoms with E-state index >= 15 is 0 Å². The van der Waals surface area contributed by atoms with Crippen LogP contribution in [0.25, 0.3) is 10.8 Å². The molecule has 1 aliphatic rings. The van der Waals surface area contributed by atoms with Crippen LogP contribution in [0.2, 0.25) is 0 Å². The largest absolute Gasteiger partial charge is 0.481 e. The van der Waals surface area contributed by atoms with Crippen molar-refractivity contribution in [3.63, 3.8) is 0 Å². The normalized spacial score (nSPS) is 16.9. The number of carbonyl (C=O) groups is 1. The minimum Gasteiger partial charge on any atom is -0.481 e. The molecule has 0 radical (unpaired) electrons. The number of nitrogens with zero attached hydrogens (tertiary/aromatic N) is 1. The van der Waals surface area contributed by atoms with E-state index in [0.29, 0.717) is 19.7 Å². The summed E-state index contributed by atoms with van der Waals surface area (Å²) in [6.45, 7) is 2.64. The lowest BCUT2D eigenvalue weighted by Gasteiger charge is -2.32. The van der Waals surface area contributed by atoms with Crippen molar-refractivity contribution in [3.8, 4) is 11.5 Å². The molecule has 1 aliphatic heterocycles. The van der Waals surface area contributed by atoms with E-state index < -0.39 is 5.97 Å². The Kier molecular flexibility index (Phi) is 7.09. The van der Waals surface area contributed by atoms with E-state index in [0.717, 1.165) is 34.4 Å². The molecule has 152 valence electrons. The molecule has 3 aromatic carbocycles. The first-order valence-electron chi connectivity index (χ1n) is 9.50. The van der Waals surface area contributed by atoms with Crippen LogP contribution < -0.4 is 4.74 Å². The molecule has 0 saturated carbocycles. The molecule has 4 rings (SSSR count). The van der Waals surface area contributed by atoms with Crippen molar-refractivity contribution < 1.29 is 19.4 Å². The molecule has 1 saturated heterocycles. The Morgan fingerprint density at radius 1 is 1.07 bits per heavy atom. The Morgan fingerprint density at radius 2 is 1.83 bits per heavy atom. The fraction of sp³-hybridized carbons (Fsp3) is 0.261. The fourth-order valence-electron chi connectivity index (χ4n) is 3.52. The van der Waals surface area contributed by atoms with E-state index in [1.54, 1.807) is 0 Å². The van der Waals surface area contributed by atoms with Gasteiger partial charge in [-0.25, -0.2) is 0 Å². The van der Waals surface area contributed by atoms with Crippen molar-refractivity contribution in [1.82, 2.24) is 4.90 Å². The van der Waals surface area contributed by atoms with Crippen molar-refractivity contribution in [3.05, 3.63) is 72.3 Å². The van der Waals surface area contributed by atoms with Crippen LogP contribution in [0.15, 0.2) is 66.7 Å². The average molecular weight is 414 g/mol. The summed E-state index contributed by atoms with van der Waals surface area (Å²) in [5.41, 5.74) is 1.07. The average Bonchev–Trinajstić information content (AvgIpc) is 2.73. The summed E-state index contributed by atoms with van der Waals surface area (Å²) < 4.78 is 12.0. The minimum absolute atomic E-state index is 0. The molecular weight excluding hydrogens is 390 g/mol. The summed E-state index contributed by atoms with van der Waals surface area (Å²) >= 11 is 0. The van der Waals surface area contributed by atoms with E-state index in [1.165, 1.54) is 0 Å². The molecule has 29 heavy (non-hydrogen) atoms. The topological polar surface area (TPSA) is 59.0 Å². The van der Waals surface area contributed by atoms with Crippen molar-refractivity contribution >= 4 is 29.1 Å². The SMILES string of the molecule is Cl.O=C(O)CCN1CCOC(c2ccc(Oc3cccc4ccccc34)cc2)C1. The molecule has 1 unspecified atom stereocenters. The molecular formula is C23H24ClNO4. The summed E-state index contributed by atoms with van der Waals surface area (Å²) in [4.78, 5) is 12.9. The van der Waals surface area contributed by atoms with Gasteiger partial charge in [0.2, 0.25) is 0 Å². The minimum atomic E-state index is -0.766. The van der Waals surface area contributed by atoms with Crippen LogP contribution in [-0.2, 0) is 9.53 Å². The van der Waals surface area contributed by atoms with Gasteiger partial charge >= 0.3 is 5.97 Å². The summed E-state index contributed by atoms with van der Waals surface area (Å²) in [5, 5.41) is 11.1. The van der Waals surface area contributed by atoms with Crippen LogP contribution in [0.1, 0.15) is 18.1 Å². The van der Waals surface area contributed by atoms with Crippen LogP contribution in [0.4, 0.5) is 0 Å². The van der Waals surface area contributed by atoms with Gasteiger partial charge in [-0.2, -0.15) is 0 Å². The smallest absolute Gasteiger partial charge is 0.304 e. The summed E-state index contributed by atoms with van der Waals surface area (Å²) in [5.74, 6) is 0.844. The number of carboxylic acids is 1. The van der Waals surface area contributed by atoms with Crippen molar-refractivity contribution in [2.24, 2.45) is 0 Å². The maximum atomic E-state index is 10.8. The standard InChI is InChI=1S/C23H23NO4.ClH/c25-23(26)12-13-24-14-15-27-22(16-24)18-8-10-19(11-9-18)28-21-7-3-5-17-4-1-2-6-20(17)21;/h1-11,22H,12-16H2,(H,25,26);1H. The number of rotatable bonds is 6. The predicted molar refractivity (Wildman–Crippen MR) is 115 cm³/mol. The highest BCUT2D eigenvalue weighted by Crippen LogP contribution is 2.31. The van der Waals surface area contributed by atoms with Gasteiger partial charge in [-0.05, 0) is 29.1 Å². The van der Waals surface area contributed by atoms with Gasteiger partial charge in [0.25, 0.3) is 0 Å². The van der Waals surface area contributed by atoms with Crippen LogP contribution in [0.3, 0.4) is 0 Å². The molecule has 1 fully saturated rings. The third-order valence-electron chi connectivity index (χ3n) is 5.02. The van der Waals surface area contributed by atoms with E-state index in [2.05, 4.69) is 23.1 Å². The van der Waals surface area contributed by atoms with Gasteiger partial charge in [0.15, 0.2) is 0 Å². The molecule has 3 aromatic rings. The molecule has 1 heterocycles. The highest BCUT2D eigenvalue weighted by atomic mass is 35.5. The fourth-order valence-corrected chi connectivity index (χ4v) is 3.52. The Morgan fingerprint density at radius 3 is 2.62 bits per heavy atom. The first-order chi connectivity index (χ1) is 13.7. The quantitative estimate of drug-likeness (QED) is 0.622. The Hall–Kier alpha value is -2.60. The number of carboxylic acid groups (broad SMARTS) is 1. The van der Waals surface area contributed by atoms with Crippen molar-refractivity contribution in [2.45, 2.75) is 12.5 Å². The third kappa shape index (κ3) is 5.26. The van der Waals surface area contributed by atoms with Gasteiger partial charge in [-0.15, -0.1) is 12.4 Å². The van der Waals surface area contributed by atoms with Gasteiger partial charge < -0.3 is 14.6 Å². The second-order valence-electron chi connectivity index (χ2n) is 6.95. The number of benzene rings is 3. The molecule has 5 nitrogen and oxygen atoms in total. The van der Waals surface area contributed by atoms with Gasteiger partial charge in [-0.1, -0.05) is 48.5 Å². The van der Waals surface area contributed by atoms with Gasteiger partial charge in [-0.3, -0.25) is 9.69 Å². The second-order valence-corrected chi connectivity index (χ2v) is 6.95. The number of morpholine rings is 1. The number of fused-ring (bicyclic) bond motifs is 1. The Bertz CT molecular complexity index is 955. The van der Waals surface area contributed by atoms with Crippen molar-refractivity contribution in [2.75, 3.05) is 26.2 Å². The van der Waals surface area contributed by atoms with Gasteiger partial charge in [0.1, 0.15) is 11.5 Å². The molecule has 0 bridgehead atoms. The second kappa shape index (κ2) is 9.74. The number of hydrogen-bond donors (Lipinski definition) is 1. The van der Waals surface area contributed by atoms with Gasteiger partial charge in [0, 0.05) is 25.0 Å². The monoisotopic (exact) mass is 413 g/mol. The lowest BCUT2D eigenvalue weighted by Crippen LogP contribution is -2.39. The number of aliphatic carboxylic acids is 1. The van der Waals surface area contributed by atoms with Crippen LogP contribution in [0.5, 0.6) is 11.5 Å². The number of ether oxygens (including phenoxy) is 2. The maximum Gasteiger partial charge on any atom is 0.304 e. The zero-order valence-corrected chi connectivity index (χ0v) is 16.8. The van der Waals surface area contributed by atoms with Crippen LogP contribution in [-0.4, -0.2) is 42.2 Å². The predicted octanol–water partition coefficient (Wildman–Crippen LogP) is 4.90. The third-order valence-corrected chi connectivity index (χ3v) is 5.02. The first kappa shape index (κ1) is 21.1. The van der Waals surface area contributed by atoms with Crippen molar-refractivity contribution in [1.29, 1.82) is 0 Å². The van der Waals surface area contributed by atoms with Crippen LogP contribution >= 0.6 is 12.4 Å². The van der Waals surface area contributed by atoms with E-state index in [4.69, 9.17) is 14.6 Å². The van der Waals surface area contributed by atoms with E-state index in [9.17, 15) is 4.79 Å². The summed E-state index contributed by atoms with van der Waals surface area (Å²) in [7, 11) is 0. The van der Waals surface area contributed by atoms with E-state index in [-0.39, 0.29) is 24.9 Å². The molecule has 6 heteroatoms. The lowest BCUT2D eigenvalue weighted by molar-refractivity contribution is -0.137. The molecule has 1 N–H and O–H groups in total. The van der Waals surface area contributed by atoms with Gasteiger partial charge in [0.05, 0.1) is 19.1 Å².